The van der Waals surface area contributed by atoms with Crippen LogP contribution in [0.2, 0.25) is 0 Å². The lowest BCUT2D eigenvalue weighted by Gasteiger charge is -2.28. The van der Waals surface area contributed by atoms with E-state index in [1.807, 2.05) is 12.1 Å². The third-order valence-electron chi connectivity index (χ3n) is 5.75. The Hall–Kier alpha value is -3.81. The molecule has 2 aliphatic heterocycles. The Kier molecular flexibility index (Phi) is 6.74. The average Bonchev–Trinajstić information content (AvgIpc) is 2.91. The summed E-state index contributed by atoms with van der Waals surface area (Å²) >= 11 is 0. The molecular weight excluding hydrogens is 434 g/mol. The molecule has 0 spiro atoms. The highest BCUT2D eigenvalue weighted by molar-refractivity contribution is 5.65. The summed E-state index contributed by atoms with van der Waals surface area (Å²) in [4.78, 5) is 19.8. The van der Waals surface area contributed by atoms with Crippen molar-refractivity contribution in [3.05, 3.63) is 48.4 Å². The van der Waals surface area contributed by atoms with Crippen LogP contribution in [0, 0.1) is 11.3 Å². The van der Waals surface area contributed by atoms with E-state index in [-0.39, 0.29) is 6.10 Å². The Morgan fingerprint density at radius 2 is 1.74 bits per heavy atom. The number of rotatable bonds is 6. The van der Waals surface area contributed by atoms with Crippen LogP contribution in [0.15, 0.2) is 42.9 Å². The number of benzene rings is 1. The molecule has 34 heavy (non-hydrogen) atoms. The van der Waals surface area contributed by atoms with Gasteiger partial charge in [-0.1, -0.05) is 0 Å². The predicted molar refractivity (Wildman–Crippen MR) is 125 cm³/mol. The molecule has 5 rings (SSSR count). The highest BCUT2D eigenvalue weighted by Gasteiger charge is 2.18. The zero-order valence-electron chi connectivity index (χ0n) is 18.7. The number of aromatic nitrogens is 4. The number of hydrogen-bond donors (Lipinski definition) is 1. The quantitative estimate of drug-likeness (QED) is 0.589. The van der Waals surface area contributed by atoms with E-state index in [2.05, 4.69) is 36.2 Å². The molecule has 1 N–H and O–H groups in total. The number of anilines is 3. The Bertz CT molecular complexity index is 1150. The number of ether oxygens (including phenoxy) is 3. The molecule has 10 nitrogen and oxygen atoms in total. The third kappa shape index (κ3) is 5.22. The fourth-order valence-electron chi connectivity index (χ4n) is 3.90. The number of hydrogen-bond acceptors (Lipinski definition) is 10. The van der Waals surface area contributed by atoms with E-state index < -0.39 is 0 Å². The third-order valence-corrected chi connectivity index (χ3v) is 5.75. The maximum absolute atomic E-state index is 9.66. The van der Waals surface area contributed by atoms with Gasteiger partial charge in [-0.3, -0.25) is 5.32 Å². The molecule has 2 aromatic heterocycles. The van der Waals surface area contributed by atoms with Gasteiger partial charge in [-0.25, -0.2) is 19.9 Å². The molecule has 4 heterocycles. The van der Waals surface area contributed by atoms with E-state index in [9.17, 15) is 5.26 Å². The first kappa shape index (κ1) is 22.0. The van der Waals surface area contributed by atoms with Crippen LogP contribution >= 0.6 is 0 Å². The van der Waals surface area contributed by atoms with Gasteiger partial charge in [-0.05, 0) is 24.3 Å². The van der Waals surface area contributed by atoms with E-state index in [0.29, 0.717) is 55.3 Å². The van der Waals surface area contributed by atoms with E-state index in [4.69, 9.17) is 14.2 Å². The van der Waals surface area contributed by atoms with Gasteiger partial charge in [0.2, 0.25) is 11.9 Å². The van der Waals surface area contributed by atoms with Gasteiger partial charge in [0, 0.05) is 37.7 Å². The van der Waals surface area contributed by atoms with E-state index in [1.54, 1.807) is 30.7 Å². The van der Waals surface area contributed by atoms with Gasteiger partial charge in [0.25, 0.3) is 0 Å². The van der Waals surface area contributed by atoms with Crippen molar-refractivity contribution in [2.45, 2.75) is 18.9 Å². The zero-order valence-corrected chi connectivity index (χ0v) is 18.7. The Morgan fingerprint density at radius 1 is 0.971 bits per heavy atom. The number of morpholine rings is 1. The second-order valence-electron chi connectivity index (χ2n) is 8.01. The second-order valence-corrected chi connectivity index (χ2v) is 8.01. The van der Waals surface area contributed by atoms with Crippen LogP contribution < -0.4 is 15.0 Å². The summed E-state index contributed by atoms with van der Waals surface area (Å²) < 4.78 is 16.8. The second kappa shape index (κ2) is 10.4. The van der Waals surface area contributed by atoms with Crippen molar-refractivity contribution >= 4 is 17.6 Å². The van der Waals surface area contributed by atoms with Gasteiger partial charge >= 0.3 is 0 Å². The predicted octanol–water partition coefficient (Wildman–Crippen LogP) is 2.94. The summed E-state index contributed by atoms with van der Waals surface area (Å²) in [5, 5.41) is 12.7. The molecule has 3 aromatic rings. The fraction of sp³-hybridized carbons (Fsp3) is 0.375. The van der Waals surface area contributed by atoms with Gasteiger partial charge in [-0.2, -0.15) is 5.26 Å². The monoisotopic (exact) mass is 459 g/mol. The zero-order chi connectivity index (χ0) is 23.2. The molecule has 10 heteroatoms. The lowest BCUT2D eigenvalue weighted by molar-refractivity contribution is 0.0254. The van der Waals surface area contributed by atoms with Gasteiger partial charge in [-0.15, -0.1) is 0 Å². The normalized spacial score (nSPS) is 16.6. The SMILES string of the molecule is N#Cc1cc(-c2ccnc(Nc3ncc(N4CCOCC4)cn3)n2)ccc1OC1CCOCC1. The topological polar surface area (TPSA) is 118 Å². The molecule has 0 aliphatic carbocycles. The summed E-state index contributed by atoms with van der Waals surface area (Å²) in [6.45, 7) is 4.42. The van der Waals surface area contributed by atoms with Crippen LogP contribution in [0.3, 0.4) is 0 Å². The van der Waals surface area contributed by atoms with E-state index in [1.165, 1.54) is 0 Å². The standard InChI is InChI=1S/C24H25N7O3/c25-14-18-13-17(1-2-22(18)34-20-4-9-32-10-5-20)21-3-6-26-24(29-21)30-23-27-15-19(16-28-23)31-7-11-33-12-8-31/h1-3,6,13,15-16,20H,4-5,7-12H2,(H,26,27,28,29,30). The minimum absolute atomic E-state index is 0.0659. The highest BCUT2D eigenvalue weighted by atomic mass is 16.5. The van der Waals surface area contributed by atoms with Crippen molar-refractivity contribution in [3.63, 3.8) is 0 Å². The molecule has 2 fully saturated rings. The first-order valence-corrected chi connectivity index (χ1v) is 11.3. The summed E-state index contributed by atoms with van der Waals surface area (Å²) in [5.41, 5.74) is 2.90. The van der Waals surface area contributed by atoms with Crippen molar-refractivity contribution in [1.29, 1.82) is 5.26 Å². The van der Waals surface area contributed by atoms with Gasteiger partial charge < -0.3 is 19.1 Å². The van der Waals surface area contributed by atoms with Gasteiger partial charge in [0.15, 0.2) is 0 Å². The number of nitriles is 1. The molecule has 1 aromatic carbocycles. The van der Waals surface area contributed by atoms with Crippen LogP contribution in [-0.2, 0) is 9.47 Å². The largest absolute Gasteiger partial charge is 0.489 e. The van der Waals surface area contributed by atoms with Gasteiger partial charge in [0.1, 0.15) is 17.9 Å². The minimum atomic E-state index is 0.0659. The molecule has 2 aliphatic rings. The maximum atomic E-state index is 9.66. The molecule has 0 bridgehead atoms. The minimum Gasteiger partial charge on any atom is -0.489 e. The number of nitrogens with zero attached hydrogens (tertiary/aromatic N) is 6. The first-order chi connectivity index (χ1) is 16.8. The molecule has 0 unspecified atom stereocenters. The summed E-state index contributed by atoms with van der Waals surface area (Å²) in [7, 11) is 0. The molecule has 2 saturated heterocycles. The molecular formula is C24H25N7O3. The van der Waals surface area contributed by atoms with Crippen LogP contribution in [0.4, 0.5) is 17.6 Å². The van der Waals surface area contributed by atoms with Crippen LogP contribution in [0.25, 0.3) is 11.3 Å². The summed E-state index contributed by atoms with van der Waals surface area (Å²) in [5.74, 6) is 1.36. The smallest absolute Gasteiger partial charge is 0.230 e. The van der Waals surface area contributed by atoms with Gasteiger partial charge in [0.05, 0.1) is 55.8 Å². The van der Waals surface area contributed by atoms with Crippen LogP contribution in [-0.4, -0.2) is 65.6 Å². The average molecular weight is 460 g/mol. The Labute approximate surface area is 197 Å². The van der Waals surface area contributed by atoms with Crippen LogP contribution in [0.5, 0.6) is 5.75 Å². The lowest BCUT2D eigenvalue weighted by Crippen LogP contribution is -2.36. The summed E-state index contributed by atoms with van der Waals surface area (Å²) in [6.07, 6.45) is 6.93. The van der Waals surface area contributed by atoms with Crippen molar-refractivity contribution < 1.29 is 14.2 Å². The maximum Gasteiger partial charge on any atom is 0.230 e. The molecule has 0 saturated carbocycles. The van der Waals surface area contributed by atoms with Crippen molar-refractivity contribution in [3.8, 4) is 23.1 Å². The Morgan fingerprint density at radius 3 is 2.50 bits per heavy atom. The first-order valence-electron chi connectivity index (χ1n) is 11.3. The van der Waals surface area contributed by atoms with Crippen molar-refractivity contribution in [2.24, 2.45) is 0 Å². The molecule has 174 valence electrons. The summed E-state index contributed by atoms with van der Waals surface area (Å²) in [6, 6.07) is 9.54. The molecule has 0 atom stereocenters. The molecule has 0 amide bonds. The van der Waals surface area contributed by atoms with E-state index in [0.717, 1.165) is 37.2 Å². The fourth-order valence-corrected chi connectivity index (χ4v) is 3.90. The Balaban J connectivity index is 1.29. The van der Waals surface area contributed by atoms with Crippen molar-refractivity contribution in [2.75, 3.05) is 49.7 Å². The van der Waals surface area contributed by atoms with E-state index >= 15 is 0 Å². The molecule has 0 radical (unpaired) electrons. The highest BCUT2D eigenvalue weighted by Crippen LogP contribution is 2.28. The lowest BCUT2D eigenvalue weighted by atomic mass is 10.1. The van der Waals surface area contributed by atoms with Crippen LogP contribution in [0.1, 0.15) is 18.4 Å². The number of nitrogens with one attached hydrogen (secondary N) is 1. The van der Waals surface area contributed by atoms with Crippen molar-refractivity contribution in [1.82, 2.24) is 19.9 Å².